The Kier molecular flexibility index (Phi) is 4.31. The maximum Gasteiger partial charge on any atom is 0.224 e. The molecule has 1 fully saturated rings. The van der Waals surface area contributed by atoms with Gasteiger partial charge in [-0.1, -0.05) is 30.3 Å². The zero-order chi connectivity index (χ0) is 14.5. The third kappa shape index (κ3) is 3.92. The van der Waals surface area contributed by atoms with Crippen LogP contribution in [-0.4, -0.2) is 28.2 Å². The molecule has 0 amide bonds. The Morgan fingerprint density at radius 2 is 1.90 bits per heavy atom. The van der Waals surface area contributed by atoms with Gasteiger partial charge in [-0.3, -0.25) is 0 Å². The van der Waals surface area contributed by atoms with Gasteiger partial charge in [0.1, 0.15) is 5.82 Å². The smallest absolute Gasteiger partial charge is 0.224 e. The Balaban J connectivity index is 1.72. The fourth-order valence-corrected chi connectivity index (χ4v) is 2.18. The minimum atomic E-state index is 0.0732. The summed E-state index contributed by atoms with van der Waals surface area (Å²) in [4.78, 5) is 8.97. The Labute approximate surface area is 124 Å². The predicted octanol–water partition coefficient (Wildman–Crippen LogP) is 2.37. The van der Waals surface area contributed by atoms with Crippen molar-refractivity contribution in [3.8, 4) is 0 Å². The molecule has 1 saturated carbocycles. The fraction of sp³-hybridized carbons (Fsp3) is 0.375. The second kappa shape index (κ2) is 6.54. The summed E-state index contributed by atoms with van der Waals surface area (Å²) in [6, 6.07) is 12.3. The molecule has 0 unspecified atom stereocenters. The number of nitrogens with zero attached hydrogens (tertiary/aromatic N) is 2. The first-order valence-corrected chi connectivity index (χ1v) is 7.36. The molecule has 3 rings (SSSR count). The minimum Gasteiger partial charge on any atom is -0.395 e. The van der Waals surface area contributed by atoms with Crippen LogP contribution in [0.2, 0.25) is 0 Å². The lowest BCUT2D eigenvalue weighted by Gasteiger charge is -2.10. The lowest BCUT2D eigenvalue weighted by molar-refractivity contribution is 0.311. The average Bonchev–Trinajstić information content (AvgIpc) is 3.37. The molecule has 1 aromatic carbocycles. The average molecular weight is 284 g/mol. The van der Waals surface area contributed by atoms with Crippen molar-refractivity contribution in [2.45, 2.75) is 25.3 Å². The summed E-state index contributed by atoms with van der Waals surface area (Å²) in [5, 5.41) is 15.3. The summed E-state index contributed by atoms with van der Waals surface area (Å²) >= 11 is 0. The van der Waals surface area contributed by atoms with Gasteiger partial charge in [0.25, 0.3) is 0 Å². The van der Waals surface area contributed by atoms with E-state index in [-0.39, 0.29) is 6.61 Å². The van der Waals surface area contributed by atoms with Gasteiger partial charge in [-0.25, -0.2) is 4.98 Å². The number of aromatic nitrogens is 2. The van der Waals surface area contributed by atoms with E-state index in [1.54, 1.807) is 0 Å². The number of benzene rings is 1. The molecule has 1 heterocycles. The molecule has 2 aromatic rings. The molecule has 21 heavy (non-hydrogen) atoms. The van der Waals surface area contributed by atoms with Crippen molar-refractivity contribution >= 4 is 11.8 Å². The highest BCUT2D eigenvalue weighted by Crippen LogP contribution is 2.39. The normalized spacial score (nSPS) is 14.0. The molecule has 1 aliphatic carbocycles. The fourth-order valence-electron chi connectivity index (χ4n) is 2.18. The van der Waals surface area contributed by atoms with Crippen LogP contribution in [0.3, 0.4) is 0 Å². The standard InChI is InChI=1S/C16H20N4O/c21-9-8-17-16-19-14(13-6-7-13)10-15(20-16)18-11-12-4-2-1-3-5-12/h1-5,10,13,21H,6-9,11H2,(H2,17,18,19,20). The third-order valence-electron chi connectivity index (χ3n) is 3.45. The molecule has 0 radical (unpaired) electrons. The lowest BCUT2D eigenvalue weighted by atomic mass is 10.2. The first-order valence-electron chi connectivity index (χ1n) is 7.36. The van der Waals surface area contributed by atoms with Gasteiger partial charge >= 0.3 is 0 Å². The number of anilines is 2. The van der Waals surface area contributed by atoms with Crippen LogP contribution in [0.25, 0.3) is 0 Å². The second-order valence-electron chi connectivity index (χ2n) is 5.27. The van der Waals surface area contributed by atoms with Crippen LogP contribution < -0.4 is 10.6 Å². The molecule has 1 aliphatic rings. The monoisotopic (exact) mass is 284 g/mol. The van der Waals surface area contributed by atoms with Crippen molar-refractivity contribution in [1.29, 1.82) is 0 Å². The van der Waals surface area contributed by atoms with Crippen molar-refractivity contribution < 1.29 is 5.11 Å². The van der Waals surface area contributed by atoms with Gasteiger partial charge in [-0.05, 0) is 18.4 Å². The lowest BCUT2D eigenvalue weighted by Crippen LogP contribution is -2.11. The number of aliphatic hydroxyl groups is 1. The summed E-state index contributed by atoms with van der Waals surface area (Å²) < 4.78 is 0. The van der Waals surface area contributed by atoms with Crippen LogP contribution in [-0.2, 0) is 6.54 Å². The van der Waals surface area contributed by atoms with Gasteiger partial charge in [0.15, 0.2) is 0 Å². The van der Waals surface area contributed by atoms with Crippen LogP contribution >= 0.6 is 0 Å². The van der Waals surface area contributed by atoms with Crippen molar-refractivity contribution in [3.63, 3.8) is 0 Å². The zero-order valence-corrected chi connectivity index (χ0v) is 11.9. The molecule has 110 valence electrons. The Bertz CT molecular complexity index is 584. The van der Waals surface area contributed by atoms with Crippen LogP contribution in [0.1, 0.15) is 30.0 Å². The summed E-state index contributed by atoms with van der Waals surface area (Å²) in [5.74, 6) is 1.99. The Morgan fingerprint density at radius 1 is 1.10 bits per heavy atom. The van der Waals surface area contributed by atoms with E-state index in [0.717, 1.165) is 18.1 Å². The maximum atomic E-state index is 8.91. The van der Waals surface area contributed by atoms with Crippen molar-refractivity contribution in [1.82, 2.24) is 9.97 Å². The van der Waals surface area contributed by atoms with Crippen LogP contribution in [0, 0.1) is 0 Å². The molecule has 0 aliphatic heterocycles. The Morgan fingerprint density at radius 3 is 2.62 bits per heavy atom. The topological polar surface area (TPSA) is 70.1 Å². The molecule has 0 spiro atoms. The summed E-state index contributed by atoms with van der Waals surface area (Å²) in [6.07, 6.45) is 2.41. The van der Waals surface area contributed by atoms with Crippen molar-refractivity contribution in [3.05, 3.63) is 47.7 Å². The minimum absolute atomic E-state index is 0.0732. The summed E-state index contributed by atoms with van der Waals surface area (Å²) in [5.41, 5.74) is 2.30. The summed E-state index contributed by atoms with van der Waals surface area (Å²) in [7, 11) is 0. The molecule has 0 atom stereocenters. The molecule has 0 saturated heterocycles. The van der Waals surface area contributed by atoms with Gasteiger partial charge in [-0.2, -0.15) is 4.98 Å². The molecular weight excluding hydrogens is 264 g/mol. The highest BCUT2D eigenvalue weighted by molar-refractivity contribution is 5.44. The maximum absolute atomic E-state index is 8.91. The first-order chi connectivity index (χ1) is 10.3. The van der Waals surface area contributed by atoms with E-state index >= 15 is 0 Å². The van der Waals surface area contributed by atoms with E-state index < -0.39 is 0 Å². The van der Waals surface area contributed by atoms with Crippen molar-refractivity contribution in [2.24, 2.45) is 0 Å². The quantitative estimate of drug-likeness (QED) is 0.728. The first kappa shape index (κ1) is 13.8. The van der Waals surface area contributed by atoms with E-state index in [0.29, 0.717) is 18.4 Å². The SMILES string of the molecule is OCCNc1nc(NCc2ccccc2)cc(C2CC2)n1. The second-order valence-corrected chi connectivity index (χ2v) is 5.27. The van der Waals surface area contributed by atoms with E-state index in [1.165, 1.54) is 18.4 Å². The molecule has 1 aromatic heterocycles. The van der Waals surface area contributed by atoms with Crippen LogP contribution in [0.15, 0.2) is 36.4 Å². The number of nitrogens with one attached hydrogen (secondary N) is 2. The van der Waals surface area contributed by atoms with Gasteiger partial charge < -0.3 is 15.7 Å². The highest BCUT2D eigenvalue weighted by Gasteiger charge is 2.26. The van der Waals surface area contributed by atoms with Gasteiger partial charge in [0.05, 0.1) is 12.3 Å². The van der Waals surface area contributed by atoms with E-state index in [4.69, 9.17) is 5.11 Å². The van der Waals surface area contributed by atoms with E-state index in [9.17, 15) is 0 Å². The van der Waals surface area contributed by atoms with E-state index in [1.807, 2.05) is 24.3 Å². The van der Waals surface area contributed by atoms with Gasteiger partial charge in [0, 0.05) is 25.1 Å². The third-order valence-corrected chi connectivity index (χ3v) is 3.45. The zero-order valence-electron chi connectivity index (χ0n) is 11.9. The largest absolute Gasteiger partial charge is 0.395 e. The molecule has 3 N–H and O–H groups in total. The molecule has 5 heteroatoms. The predicted molar refractivity (Wildman–Crippen MR) is 83.4 cm³/mol. The highest BCUT2D eigenvalue weighted by atomic mass is 16.3. The Hall–Kier alpha value is -2.14. The number of hydrogen-bond acceptors (Lipinski definition) is 5. The number of rotatable bonds is 7. The van der Waals surface area contributed by atoms with Crippen molar-refractivity contribution in [2.75, 3.05) is 23.8 Å². The van der Waals surface area contributed by atoms with E-state index in [2.05, 4.69) is 32.7 Å². The molecule has 0 bridgehead atoms. The molecule has 5 nitrogen and oxygen atoms in total. The molecular formula is C16H20N4O. The number of hydrogen-bond donors (Lipinski definition) is 3. The van der Waals surface area contributed by atoms with Crippen LogP contribution in [0.5, 0.6) is 0 Å². The van der Waals surface area contributed by atoms with Gasteiger partial charge in [-0.15, -0.1) is 0 Å². The number of aliphatic hydroxyl groups excluding tert-OH is 1. The van der Waals surface area contributed by atoms with Gasteiger partial charge in [0.2, 0.25) is 5.95 Å². The van der Waals surface area contributed by atoms with Crippen LogP contribution in [0.4, 0.5) is 11.8 Å². The summed E-state index contributed by atoms with van der Waals surface area (Å²) in [6.45, 7) is 1.28.